The first kappa shape index (κ1) is 26.9. The molecule has 1 aliphatic rings. The Kier molecular flexibility index (Phi) is 7.14. The number of fused-ring (bicyclic) bond motifs is 1. The topological polar surface area (TPSA) is 135 Å². The summed E-state index contributed by atoms with van der Waals surface area (Å²) in [5.74, 6) is 1.14. The number of imidazole rings is 1. The molecule has 10 nitrogen and oxygen atoms in total. The van der Waals surface area contributed by atoms with Gasteiger partial charge in [0.15, 0.2) is 17.4 Å². The highest BCUT2D eigenvalue weighted by Crippen LogP contribution is 2.38. The second-order valence-electron chi connectivity index (χ2n) is 10.1. The molecule has 4 atom stereocenters. The molecule has 0 amide bonds. The lowest BCUT2D eigenvalue weighted by Crippen LogP contribution is -2.49. The van der Waals surface area contributed by atoms with Crippen molar-refractivity contribution in [3.63, 3.8) is 0 Å². The molecule has 3 heterocycles. The van der Waals surface area contributed by atoms with Crippen LogP contribution in [0, 0.1) is 6.92 Å². The molecule has 1 saturated heterocycles. The zero-order chi connectivity index (χ0) is 28.6. The van der Waals surface area contributed by atoms with Crippen LogP contribution in [0.25, 0.3) is 11.2 Å². The van der Waals surface area contributed by atoms with Crippen molar-refractivity contribution in [3.05, 3.63) is 124 Å². The number of aliphatic hydroxyl groups excluding tert-OH is 2. The Morgan fingerprint density at radius 2 is 1.56 bits per heavy atom. The Morgan fingerprint density at radius 3 is 2.17 bits per heavy atom. The summed E-state index contributed by atoms with van der Waals surface area (Å²) in [6, 6.07) is 27.9. The number of aryl methyl sites for hydroxylation is 1. The third-order valence-electron chi connectivity index (χ3n) is 7.67. The van der Waals surface area contributed by atoms with E-state index in [2.05, 4.69) is 44.5 Å². The second kappa shape index (κ2) is 10.9. The van der Waals surface area contributed by atoms with Gasteiger partial charge in [-0.25, -0.2) is 9.97 Å². The van der Waals surface area contributed by atoms with Crippen molar-refractivity contribution in [1.82, 2.24) is 24.8 Å². The Labute approximate surface area is 236 Å². The van der Waals surface area contributed by atoms with Gasteiger partial charge in [-0.2, -0.15) is 0 Å². The third-order valence-corrected chi connectivity index (χ3v) is 7.67. The Bertz CT molecular complexity index is 1650. The van der Waals surface area contributed by atoms with E-state index >= 15 is 0 Å². The highest BCUT2D eigenvalue weighted by atomic mass is 16.6. The molecule has 2 aromatic heterocycles. The summed E-state index contributed by atoms with van der Waals surface area (Å²) < 4.78 is 13.2. The average molecular weight is 554 g/mol. The van der Waals surface area contributed by atoms with Gasteiger partial charge in [0.25, 0.3) is 5.56 Å². The van der Waals surface area contributed by atoms with Crippen LogP contribution in [0.2, 0.25) is 0 Å². The first-order valence-corrected chi connectivity index (χ1v) is 13.4. The van der Waals surface area contributed by atoms with Crippen LogP contribution in [0.1, 0.15) is 28.7 Å². The molecule has 4 N–H and O–H groups in total. The SMILES string of the molecule is COc1ccc(C(NC[C@H]2O[C@@H](n3cnc4c(=O)[nH]c(C)nc43)C(O)[C@H]2O)(c2ccccc2)c2ccccc2)cc1. The van der Waals surface area contributed by atoms with Crippen LogP contribution in [-0.4, -0.2) is 61.7 Å². The van der Waals surface area contributed by atoms with Crippen LogP contribution in [0.15, 0.2) is 96.1 Å². The maximum atomic E-state index is 12.4. The number of aliphatic hydroxyl groups is 2. The van der Waals surface area contributed by atoms with Crippen molar-refractivity contribution in [3.8, 4) is 5.75 Å². The second-order valence-corrected chi connectivity index (χ2v) is 10.1. The van der Waals surface area contributed by atoms with Gasteiger partial charge >= 0.3 is 0 Å². The molecule has 0 saturated carbocycles. The summed E-state index contributed by atoms with van der Waals surface area (Å²) >= 11 is 0. The number of benzene rings is 3. The number of nitrogens with zero attached hydrogens (tertiary/aromatic N) is 3. The van der Waals surface area contributed by atoms with Gasteiger partial charge in [0, 0.05) is 6.54 Å². The van der Waals surface area contributed by atoms with E-state index in [4.69, 9.17) is 9.47 Å². The first-order chi connectivity index (χ1) is 19.9. The van der Waals surface area contributed by atoms with Gasteiger partial charge in [0.05, 0.1) is 19.0 Å². The lowest BCUT2D eigenvalue weighted by Gasteiger charge is -2.38. The smallest absolute Gasteiger partial charge is 0.279 e. The Morgan fingerprint density at radius 1 is 0.951 bits per heavy atom. The van der Waals surface area contributed by atoms with Crippen LogP contribution in [0.5, 0.6) is 5.75 Å². The summed E-state index contributed by atoms with van der Waals surface area (Å²) in [6.07, 6.45) is -2.87. The molecule has 41 heavy (non-hydrogen) atoms. The van der Waals surface area contributed by atoms with Gasteiger partial charge in [-0.1, -0.05) is 72.8 Å². The van der Waals surface area contributed by atoms with Gasteiger partial charge in [-0.15, -0.1) is 0 Å². The predicted molar refractivity (Wildman–Crippen MR) is 153 cm³/mol. The summed E-state index contributed by atoms with van der Waals surface area (Å²) in [7, 11) is 1.63. The Hall–Kier alpha value is -4.35. The molecule has 0 bridgehead atoms. The number of aromatic nitrogens is 4. The van der Waals surface area contributed by atoms with Crippen molar-refractivity contribution in [2.45, 2.75) is 37.0 Å². The minimum absolute atomic E-state index is 0.133. The molecule has 210 valence electrons. The van der Waals surface area contributed by atoms with Crippen molar-refractivity contribution in [2.75, 3.05) is 13.7 Å². The number of methoxy groups -OCH3 is 1. The van der Waals surface area contributed by atoms with Crippen LogP contribution in [0.4, 0.5) is 0 Å². The molecule has 1 unspecified atom stereocenters. The summed E-state index contributed by atoms with van der Waals surface area (Å²) in [6.45, 7) is 1.85. The van der Waals surface area contributed by atoms with E-state index in [-0.39, 0.29) is 23.3 Å². The van der Waals surface area contributed by atoms with Gasteiger partial charge < -0.3 is 24.7 Å². The van der Waals surface area contributed by atoms with E-state index in [0.29, 0.717) is 5.82 Å². The fourth-order valence-corrected chi connectivity index (χ4v) is 5.63. The lowest BCUT2D eigenvalue weighted by atomic mass is 9.76. The van der Waals surface area contributed by atoms with Gasteiger partial charge in [-0.05, 0) is 35.7 Å². The number of aromatic amines is 1. The fourth-order valence-electron chi connectivity index (χ4n) is 5.63. The van der Waals surface area contributed by atoms with E-state index < -0.39 is 30.1 Å². The summed E-state index contributed by atoms with van der Waals surface area (Å²) in [4.78, 5) is 23.5. The molecular weight excluding hydrogens is 522 g/mol. The van der Waals surface area contributed by atoms with Crippen LogP contribution in [0.3, 0.4) is 0 Å². The minimum Gasteiger partial charge on any atom is -0.497 e. The van der Waals surface area contributed by atoms with Crippen molar-refractivity contribution in [1.29, 1.82) is 0 Å². The number of hydrogen-bond acceptors (Lipinski definition) is 8. The molecule has 0 radical (unpaired) electrons. The predicted octanol–water partition coefficient (Wildman–Crippen LogP) is 2.64. The number of hydrogen-bond donors (Lipinski definition) is 4. The van der Waals surface area contributed by atoms with E-state index in [1.807, 2.05) is 60.7 Å². The monoisotopic (exact) mass is 553 g/mol. The van der Waals surface area contributed by atoms with E-state index in [1.54, 1.807) is 14.0 Å². The largest absolute Gasteiger partial charge is 0.497 e. The van der Waals surface area contributed by atoms with E-state index in [1.165, 1.54) is 10.9 Å². The molecule has 0 spiro atoms. The van der Waals surface area contributed by atoms with Gasteiger partial charge in [-0.3, -0.25) is 14.7 Å². The molecule has 3 aromatic carbocycles. The van der Waals surface area contributed by atoms with E-state index in [9.17, 15) is 15.0 Å². The fraction of sp³-hybridized carbons (Fsp3) is 0.258. The summed E-state index contributed by atoms with van der Waals surface area (Å²) in [5.41, 5.74) is 2.13. The zero-order valence-electron chi connectivity index (χ0n) is 22.6. The molecule has 10 heteroatoms. The average Bonchev–Trinajstić information content (AvgIpc) is 3.55. The van der Waals surface area contributed by atoms with Crippen molar-refractivity contribution in [2.24, 2.45) is 0 Å². The van der Waals surface area contributed by atoms with Crippen LogP contribution < -0.4 is 15.6 Å². The quantitative estimate of drug-likeness (QED) is 0.216. The number of H-pyrrole nitrogens is 1. The van der Waals surface area contributed by atoms with Crippen molar-refractivity contribution < 1.29 is 19.7 Å². The standard InChI is InChI=1S/C31H31N5O5/c1-19-34-28-25(29(39)35-19)32-18-36(28)30-27(38)26(37)24(41-30)17-33-31(20-9-5-3-6-10-20,21-11-7-4-8-12-21)22-13-15-23(40-2)16-14-22/h3-16,18,24,26-27,30,33,37-38H,17H2,1-2H3,(H,34,35,39)/t24-,26+,27?,30-/m1/s1. The highest BCUT2D eigenvalue weighted by Gasteiger charge is 2.46. The normalized spacial score (nSPS) is 20.9. The number of nitrogens with one attached hydrogen (secondary N) is 2. The van der Waals surface area contributed by atoms with Crippen LogP contribution in [-0.2, 0) is 10.3 Å². The van der Waals surface area contributed by atoms with Crippen molar-refractivity contribution >= 4 is 11.2 Å². The Balaban J connectivity index is 1.38. The number of ether oxygens (including phenoxy) is 2. The minimum atomic E-state index is -1.27. The molecule has 0 aliphatic carbocycles. The highest BCUT2D eigenvalue weighted by molar-refractivity contribution is 5.69. The molecule has 1 aliphatic heterocycles. The number of rotatable bonds is 8. The van der Waals surface area contributed by atoms with Gasteiger partial charge in [0.1, 0.15) is 29.9 Å². The maximum absolute atomic E-state index is 12.4. The van der Waals surface area contributed by atoms with Gasteiger partial charge in [0.2, 0.25) is 0 Å². The lowest BCUT2D eigenvalue weighted by molar-refractivity contribution is -0.0352. The van der Waals surface area contributed by atoms with Crippen LogP contribution >= 0.6 is 0 Å². The van der Waals surface area contributed by atoms with E-state index in [0.717, 1.165) is 22.4 Å². The zero-order valence-corrected chi connectivity index (χ0v) is 22.6. The first-order valence-electron chi connectivity index (χ1n) is 13.4. The molecule has 6 rings (SSSR count). The molecule has 1 fully saturated rings. The third kappa shape index (κ3) is 4.70. The molecule has 5 aromatic rings. The molecular formula is C31H31N5O5. The maximum Gasteiger partial charge on any atom is 0.279 e. The summed E-state index contributed by atoms with van der Waals surface area (Å²) in [5, 5.41) is 25.9.